The van der Waals surface area contributed by atoms with Crippen LogP contribution in [0.25, 0.3) is 10.4 Å². The Labute approximate surface area is 338 Å². The lowest BCUT2D eigenvalue weighted by Gasteiger charge is -2.48. The second kappa shape index (κ2) is 19.8. The molecule has 0 aromatic rings. The third kappa shape index (κ3) is 11.8. The van der Waals surface area contributed by atoms with Crippen LogP contribution in [-0.2, 0) is 37.9 Å². The zero-order chi connectivity index (χ0) is 43.4. The van der Waals surface area contributed by atoms with Crippen molar-refractivity contribution in [3.8, 4) is 0 Å². The van der Waals surface area contributed by atoms with Crippen molar-refractivity contribution in [3.63, 3.8) is 0 Å². The standard InChI is InChI=1S/C37H65N5O16/c1-11-19-25(46)22(43)15(3)31(51-19)54-28-18(41-35(50)58-37(8,9)10)13-17(40-34(49)57-36(5,6)7)24(45)30(28)56-33-27(48)29(21(53-33)14-39-42-38)55-32-16(4)23(44)26(47)20(12-2)52-32/h15-33,43-48H,11-14H2,1-10H3,(H,40,49)(H,41,50)/t15?,16?,17-,18?,19?,20+,21-,22-,23?,24?,25?,26?,27?,28?,29+,30-,31-,32-,33+/m1/s1. The Balaban J connectivity index is 1.73. The predicted octanol–water partition coefficient (Wildman–Crippen LogP) is 1.07. The molecule has 0 radical (unpaired) electrons. The van der Waals surface area contributed by atoms with Crippen LogP contribution >= 0.6 is 0 Å². The molecule has 3 aliphatic heterocycles. The van der Waals surface area contributed by atoms with E-state index in [1.54, 1.807) is 69.2 Å². The van der Waals surface area contributed by atoms with Crippen molar-refractivity contribution in [1.29, 1.82) is 0 Å². The maximum atomic E-state index is 13.3. The molecular formula is C37H65N5O16. The fraction of sp³-hybridized carbons (Fsp3) is 0.946. The third-order valence-corrected chi connectivity index (χ3v) is 10.7. The first-order valence-electron chi connectivity index (χ1n) is 20.0. The van der Waals surface area contributed by atoms with E-state index in [2.05, 4.69) is 20.7 Å². The van der Waals surface area contributed by atoms with Gasteiger partial charge in [0.2, 0.25) is 0 Å². The summed E-state index contributed by atoms with van der Waals surface area (Å²) in [7, 11) is 0. The lowest BCUT2D eigenvalue weighted by molar-refractivity contribution is -0.320. The molecule has 3 heterocycles. The Kier molecular flexibility index (Phi) is 16.4. The average molecular weight is 836 g/mol. The first kappa shape index (κ1) is 48.0. The van der Waals surface area contributed by atoms with Crippen LogP contribution in [0.1, 0.15) is 88.5 Å². The highest BCUT2D eigenvalue weighted by atomic mass is 16.8. The number of hydrogen-bond donors (Lipinski definition) is 8. The fourth-order valence-corrected chi connectivity index (χ4v) is 7.57. The van der Waals surface area contributed by atoms with Crippen LogP contribution in [0, 0.1) is 11.8 Å². The monoisotopic (exact) mass is 835 g/mol. The number of nitrogens with one attached hydrogen (secondary N) is 2. The average Bonchev–Trinajstić information content (AvgIpc) is 3.41. The molecule has 8 N–H and O–H groups in total. The molecule has 0 spiro atoms. The van der Waals surface area contributed by atoms with E-state index in [-0.39, 0.29) is 13.0 Å². The van der Waals surface area contributed by atoms with Crippen molar-refractivity contribution in [2.45, 2.75) is 204 Å². The maximum Gasteiger partial charge on any atom is 0.407 e. The number of nitrogens with zero attached hydrogens (tertiary/aromatic N) is 3. The molecule has 4 rings (SSSR count). The van der Waals surface area contributed by atoms with E-state index in [0.717, 1.165) is 0 Å². The van der Waals surface area contributed by atoms with Crippen molar-refractivity contribution < 1.29 is 78.1 Å². The second-order valence-corrected chi connectivity index (χ2v) is 17.6. The number of amides is 2. The summed E-state index contributed by atoms with van der Waals surface area (Å²) in [6, 6.07) is -2.30. The lowest BCUT2D eigenvalue weighted by Crippen LogP contribution is -2.68. The Bertz CT molecular complexity index is 1410. The van der Waals surface area contributed by atoms with Gasteiger partial charge in [-0.3, -0.25) is 0 Å². The largest absolute Gasteiger partial charge is 0.444 e. The van der Waals surface area contributed by atoms with Crippen LogP contribution in [0.3, 0.4) is 0 Å². The highest BCUT2D eigenvalue weighted by Crippen LogP contribution is 2.38. The van der Waals surface area contributed by atoms with Gasteiger partial charge in [-0.2, -0.15) is 0 Å². The molecule has 58 heavy (non-hydrogen) atoms. The summed E-state index contributed by atoms with van der Waals surface area (Å²) in [5.41, 5.74) is 7.31. The zero-order valence-electron chi connectivity index (χ0n) is 34.9. The van der Waals surface area contributed by atoms with Crippen molar-refractivity contribution in [2.75, 3.05) is 6.54 Å². The molecular weight excluding hydrogens is 770 g/mol. The quantitative estimate of drug-likeness (QED) is 0.0775. The van der Waals surface area contributed by atoms with Crippen LogP contribution in [0.15, 0.2) is 5.11 Å². The Morgan fingerprint density at radius 2 is 1.07 bits per heavy atom. The smallest absolute Gasteiger partial charge is 0.407 e. The summed E-state index contributed by atoms with van der Waals surface area (Å²) in [5, 5.41) is 75.7. The molecule has 4 fully saturated rings. The molecule has 21 heteroatoms. The first-order chi connectivity index (χ1) is 27.0. The van der Waals surface area contributed by atoms with E-state index >= 15 is 0 Å². The summed E-state index contributed by atoms with van der Waals surface area (Å²) in [6.45, 7) is 16.3. The first-order valence-corrected chi connectivity index (χ1v) is 20.0. The van der Waals surface area contributed by atoms with Gasteiger partial charge in [-0.1, -0.05) is 32.8 Å². The maximum absolute atomic E-state index is 13.3. The Morgan fingerprint density at radius 3 is 1.52 bits per heavy atom. The van der Waals surface area contributed by atoms with E-state index in [4.69, 9.17) is 43.4 Å². The summed E-state index contributed by atoms with van der Waals surface area (Å²) in [4.78, 5) is 29.2. The highest BCUT2D eigenvalue weighted by Gasteiger charge is 2.55. The number of aliphatic hydroxyl groups is 6. The molecule has 334 valence electrons. The van der Waals surface area contributed by atoms with Crippen LogP contribution in [-0.4, -0.2) is 165 Å². The van der Waals surface area contributed by atoms with Crippen molar-refractivity contribution in [2.24, 2.45) is 17.0 Å². The highest BCUT2D eigenvalue weighted by molar-refractivity contribution is 5.69. The SMILES string of the molecule is CCC1O[C@H](OC2C(NC(=O)OC(C)(C)C)C[C@@H](NC(=O)OC(C)(C)C)C(O)[C@H]2O[C@@H]2O[C@H](CN=[N+]=[N-])[C@H](O[C@H]3O[C@@H](CC)C(O)C(O)C3C)C2O)C(C)[C@@H](O)C1O. The summed E-state index contributed by atoms with van der Waals surface area (Å²) in [5.74, 6) is -1.62. The van der Waals surface area contributed by atoms with Gasteiger partial charge in [-0.05, 0) is 66.3 Å². The number of aliphatic hydroxyl groups excluding tert-OH is 6. The van der Waals surface area contributed by atoms with E-state index in [1.807, 2.05) is 0 Å². The second-order valence-electron chi connectivity index (χ2n) is 17.6. The Morgan fingerprint density at radius 1 is 0.638 bits per heavy atom. The van der Waals surface area contributed by atoms with Gasteiger partial charge in [0.25, 0.3) is 0 Å². The molecule has 4 aliphatic rings. The number of ether oxygens (including phenoxy) is 8. The minimum atomic E-state index is -1.67. The normalized spacial score (nSPS) is 42.2. The lowest BCUT2D eigenvalue weighted by atomic mass is 9.83. The molecule has 0 aromatic heterocycles. The van der Waals surface area contributed by atoms with E-state index in [9.17, 15) is 40.2 Å². The van der Waals surface area contributed by atoms with Gasteiger partial charge < -0.3 is 79.2 Å². The van der Waals surface area contributed by atoms with Crippen molar-refractivity contribution in [3.05, 3.63) is 10.4 Å². The third-order valence-electron chi connectivity index (χ3n) is 10.7. The van der Waals surface area contributed by atoms with Gasteiger partial charge in [0.05, 0.1) is 49.1 Å². The van der Waals surface area contributed by atoms with Gasteiger partial charge >= 0.3 is 12.2 Å². The molecule has 21 nitrogen and oxygen atoms in total. The molecule has 10 unspecified atom stereocenters. The Hall–Kier alpha value is -2.63. The number of alkyl carbamates (subject to hydrolysis) is 2. The summed E-state index contributed by atoms with van der Waals surface area (Å²) in [6.07, 6.45) is -20.7. The molecule has 0 aromatic carbocycles. The minimum Gasteiger partial charge on any atom is -0.444 e. The number of azide groups is 1. The number of carbonyl (C=O) groups is 2. The molecule has 2 amide bonds. The molecule has 19 atom stereocenters. The van der Waals surface area contributed by atoms with Gasteiger partial charge in [0.15, 0.2) is 18.9 Å². The molecule has 1 saturated carbocycles. The van der Waals surface area contributed by atoms with Crippen LogP contribution < -0.4 is 10.6 Å². The van der Waals surface area contributed by atoms with Gasteiger partial charge in [-0.15, -0.1) is 0 Å². The minimum absolute atomic E-state index is 0.170. The fourth-order valence-electron chi connectivity index (χ4n) is 7.57. The van der Waals surface area contributed by atoms with Gasteiger partial charge in [-0.25, -0.2) is 9.59 Å². The molecule has 3 saturated heterocycles. The number of hydrogen-bond acceptors (Lipinski definition) is 17. The summed E-state index contributed by atoms with van der Waals surface area (Å²) >= 11 is 0. The van der Waals surface area contributed by atoms with Crippen molar-refractivity contribution in [1.82, 2.24) is 10.6 Å². The van der Waals surface area contributed by atoms with E-state index in [0.29, 0.717) is 12.8 Å². The number of carbonyl (C=O) groups excluding carboxylic acids is 2. The molecule has 1 aliphatic carbocycles. The topological polar surface area (TPSA) is 302 Å². The van der Waals surface area contributed by atoms with Crippen molar-refractivity contribution >= 4 is 12.2 Å². The van der Waals surface area contributed by atoms with Crippen LogP contribution in [0.2, 0.25) is 0 Å². The molecule has 0 bridgehead atoms. The van der Waals surface area contributed by atoms with Gasteiger partial charge in [0.1, 0.15) is 53.9 Å². The van der Waals surface area contributed by atoms with Crippen LogP contribution in [0.4, 0.5) is 9.59 Å². The van der Waals surface area contributed by atoms with E-state index < -0.39 is 139 Å². The number of rotatable bonds is 12. The van der Waals surface area contributed by atoms with E-state index in [1.165, 1.54) is 0 Å². The zero-order valence-corrected chi connectivity index (χ0v) is 34.9. The van der Waals surface area contributed by atoms with Gasteiger partial charge in [0, 0.05) is 16.7 Å². The predicted molar refractivity (Wildman–Crippen MR) is 200 cm³/mol. The van der Waals surface area contributed by atoms with Crippen LogP contribution in [0.5, 0.6) is 0 Å². The summed E-state index contributed by atoms with van der Waals surface area (Å²) < 4.78 is 48.2.